The average Bonchev–Trinajstić information content (AvgIpc) is 3.00. The summed E-state index contributed by atoms with van der Waals surface area (Å²) < 4.78 is 36.7. The Hall–Kier alpha value is -2.64. The van der Waals surface area contributed by atoms with Gasteiger partial charge in [-0.25, -0.2) is 0 Å². The predicted octanol–water partition coefficient (Wildman–Crippen LogP) is 2.94. The number of ketones is 2. The predicted molar refractivity (Wildman–Crippen MR) is 85.0 cm³/mol. The third-order valence-corrected chi connectivity index (χ3v) is 3.83. The fourth-order valence-electron chi connectivity index (χ4n) is 2.55. The van der Waals surface area contributed by atoms with E-state index in [2.05, 4.69) is 5.32 Å². The number of Topliss-reactive ketones (excluding diaryl/α,β-unsaturated/α-hetero) is 1. The van der Waals surface area contributed by atoms with Gasteiger partial charge in [0.15, 0.2) is 5.78 Å². The minimum absolute atomic E-state index is 0.146. The van der Waals surface area contributed by atoms with E-state index in [0.29, 0.717) is 36.7 Å². The maximum Gasteiger partial charge on any atom is 0.454 e. The van der Waals surface area contributed by atoms with Crippen molar-refractivity contribution in [3.8, 4) is 0 Å². The summed E-state index contributed by atoms with van der Waals surface area (Å²) in [5, 5.41) is 2.65. The van der Waals surface area contributed by atoms with Crippen LogP contribution in [0.1, 0.15) is 30.1 Å². The first-order valence-corrected chi connectivity index (χ1v) is 7.65. The smallest absolute Gasteiger partial charge is 0.365 e. The summed E-state index contributed by atoms with van der Waals surface area (Å²) in [7, 11) is 0. The van der Waals surface area contributed by atoms with Gasteiger partial charge in [0.1, 0.15) is 6.04 Å². The second-order valence-corrected chi connectivity index (χ2v) is 5.70. The zero-order valence-corrected chi connectivity index (χ0v) is 13.5. The maximum absolute atomic E-state index is 12.4. The number of benzene rings is 1. The summed E-state index contributed by atoms with van der Waals surface area (Å²) in [4.78, 5) is 36.1. The Bertz CT molecular complexity index is 713. The van der Waals surface area contributed by atoms with Gasteiger partial charge >= 0.3 is 6.18 Å². The average molecular weight is 354 g/mol. The lowest BCUT2D eigenvalue weighted by atomic mass is 10.1. The number of anilines is 1. The van der Waals surface area contributed by atoms with E-state index in [0.717, 1.165) is 6.20 Å². The lowest BCUT2D eigenvalue weighted by Gasteiger charge is -2.22. The van der Waals surface area contributed by atoms with Gasteiger partial charge in [-0.05, 0) is 31.9 Å². The molecule has 1 N–H and O–H groups in total. The van der Waals surface area contributed by atoms with Crippen LogP contribution in [0.15, 0.2) is 36.5 Å². The number of carbonyl (C=O) groups is 3. The SMILES string of the molecule is CC(=O)c1cccc(NC(=O)C2CCCN2/C=C/C(=O)C(F)(F)F)c1. The van der Waals surface area contributed by atoms with Gasteiger partial charge in [0.25, 0.3) is 5.78 Å². The first-order chi connectivity index (χ1) is 11.7. The monoisotopic (exact) mass is 354 g/mol. The lowest BCUT2D eigenvalue weighted by Crippen LogP contribution is -2.36. The molecule has 5 nitrogen and oxygen atoms in total. The summed E-state index contributed by atoms with van der Waals surface area (Å²) in [5.74, 6) is -2.51. The number of alkyl halides is 3. The van der Waals surface area contributed by atoms with Crippen LogP contribution in [0.4, 0.5) is 18.9 Å². The van der Waals surface area contributed by atoms with Crippen molar-refractivity contribution in [2.75, 3.05) is 11.9 Å². The molecule has 0 radical (unpaired) electrons. The van der Waals surface area contributed by atoms with Crippen LogP contribution >= 0.6 is 0 Å². The van der Waals surface area contributed by atoms with Crippen molar-refractivity contribution in [3.63, 3.8) is 0 Å². The number of hydrogen-bond donors (Lipinski definition) is 1. The van der Waals surface area contributed by atoms with Crippen molar-refractivity contribution in [1.82, 2.24) is 4.90 Å². The van der Waals surface area contributed by atoms with Crippen molar-refractivity contribution in [2.45, 2.75) is 32.0 Å². The summed E-state index contributed by atoms with van der Waals surface area (Å²) in [5.41, 5.74) is 0.872. The van der Waals surface area contributed by atoms with Gasteiger partial charge in [0.05, 0.1) is 0 Å². The Morgan fingerprint density at radius 1 is 1.28 bits per heavy atom. The highest BCUT2D eigenvalue weighted by molar-refractivity contribution is 5.98. The van der Waals surface area contributed by atoms with Crippen LogP contribution in [0.25, 0.3) is 0 Å². The number of hydrogen-bond acceptors (Lipinski definition) is 4. The zero-order chi connectivity index (χ0) is 18.6. The Kier molecular flexibility index (Phi) is 5.61. The van der Waals surface area contributed by atoms with Crippen molar-refractivity contribution < 1.29 is 27.6 Å². The second-order valence-electron chi connectivity index (χ2n) is 5.70. The Balaban J connectivity index is 2.05. The summed E-state index contributed by atoms with van der Waals surface area (Å²) in [6.45, 7) is 1.79. The zero-order valence-electron chi connectivity index (χ0n) is 13.5. The van der Waals surface area contributed by atoms with E-state index in [1.807, 2.05) is 0 Å². The van der Waals surface area contributed by atoms with E-state index in [-0.39, 0.29) is 5.78 Å². The highest BCUT2D eigenvalue weighted by Gasteiger charge is 2.37. The fourth-order valence-corrected chi connectivity index (χ4v) is 2.55. The Morgan fingerprint density at radius 3 is 2.64 bits per heavy atom. The third-order valence-electron chi connectivity index (χ3n) is 3.83. The molecule has 1 aliphatic rings. The molecule has 0 aromatic heterocycles. The van der Waals surface area contributed by atoms with E-state index >= 15 is 0 Å². The molecule has 1 heterocycles. The molecule has 1 aromatic carbocycles. The Morgan fingerprint density at radius 2 is 2.00 bits per heavy atom. The van der Waals surface area contributed by atoms with Crippen LogP contribution < -0.4 is 5.32 Å². The second kappa shape index (κ2) is 7.50. The van der Waals surface area contributed by atoms with Crippen molar-refractivity contribution in [2.24, 2.45) is 0 Å². The van der Waals surface area contributed by atoms with Crippen LogP contribution in [-0.2, 0) is 9.59 Å². The van der Waals surface area contributed by atoms with E-state index in [1.54, 1.807) is 18.2 Å². The molecule has 1 amide bonds. The molecule has 8 heteroatoms. The van der Waals surface area contributed by atoms with Crippen LogP contribution in [0.3, 0.4) is 0 Å². The van der Waals surface area contributed by atoms with Crippen molar-refractivity contribution >= 4 is 23.2 Å². The molecule has 0 bridgehead atoms. The van der Waals surface area contributed by atoms with E-state index in [4.69, 9.17) is 0 Å². The van der Waals surface area contributed by atoms with Crippen LogP contribution in [0.5, 0.6) is 0 Å². The summed E-state index contributed by atoms with van der Waals surface area (Å²) in [6, 6.07) is 5.72. The van der Waals surface area contributed by atoms with E-state index < -0.39 is 23.9 Å². The van der Waals surface area contributed by atoms with E-state index in [9.17, 15) is 27.6 Å². The highest BCUT2D eigenvalue weighted by atomic mass is 19.4. The maximum atomic E-state index is 12.4. The van der Waals surface area contributed by atoms with Gasteiger partial charge in [-0.15, -0.1) is 0 Å². The van der Waals surface area contributed by atoms with E-state index in [1.165, 1.54) is 17.9 Å². The van der Waals surface area contributed by atoms with Crippen LogP contribution in [0.2, 0.25) is 0 Å². The summed E-state index contributed by atoms with van der Waals surface area (Å²) >= 11 is 0. The fraction of sp³-hybridized carbons (Fsp3) is 0.353. The standard InChI is InChI=1S/C17H17F3N2O3/c1-11(23)12-4-2-5-13(10-12)21-16(25)14-6-3-8-22(14)9-7-15(24)17(18,19)20/h2,4-5,7,9-10,14H,3,6,8H2,1H3,(H,21,25)/b9-7+. The number of nitrogens with zero attached hydrogens (tertiary/aromatic N) is 1. The quantitative estimate of drug-likeness (QED) is 0.652. The largest absolute Gasteiger partial charge is 0.454 e. The molecule has 1 atom stereocenters. The normalized spacial score (nSPS) is 17.8. The molecule has 1 aliphatic heterocycles. The van der Waals surface area contributed by atoms with Crippen LogP contribution in [-0.4, -0.2) is 41.1 Å². The molecule has 1 aromatic rings. The van der Waals surface area contributed by atoms with Crippen molar-refractivity contribution in [3.05, 3.63) is 42.1 Å². The van der Waals surface area contributed by atoms with Gasteiger partial charge in [-0.3, -0.25) is 14.4 Å². The molecule has 25 heavy (non-hydrogen) atoms. The Labute approximate surface area is 142 Å². The number of likely N-dealkylation sites (tertiary alicyclic amines) is 1. The topological polar surface area (TPSA) is 66.5 Å². The molecule has 1 unspecified atom stereocenters. The number of rotatable bonds is 5. The summed E-state index contributed by atoms with van der Waals surface area (Å²) in [6.07, 6.45) is -2.40. The molecule has 134 valence electrons. The van der Waals surface area contributed by atoms with Gasteiger partial charge in [-0.1, -0.05) is 12.1 Å². The lowest BCUT2D eigenvalue weighted by molar-refractivity contribution is -0.165. The highest BCUT2D eigenvalue weighted by Crippen LogP contribution is 2.22. The minimum atomic E-state index is -4.93. The minimum Gasteiger partial charge on any atom is -0.365 e. The van der Waals surface area contributed by atoms with Gasteiger partial charge in [0.2, 0.25) is 5.91 Å². The number of halogens is 3. The molecular formula is C17H17F3N2O3. The molecule has 1 saturated heterocycles. The first-order valence-electron chi connectivity index (χ1n) is 7.65. The van der Waals surface area contributed by atoms with Crippen LogP contribution in [0, 0.1) is 0 Å². The molecule has 1 fully saturated rings. The first kappa shape index (κ1) is 18.7. The van der Waals surface area contributed by atoms with Crippen molar-refractivity contribution in [1.29, 1.82) is 0 Å². The molecule has 0 spiro atoms. The molecule has 0 saturated carbocycles. The molecule has 0 aliphatic carbocycles. The van der Waals surface area contributed by atoms with Gasteiger partial charge in [-0.2, -0.15) is 13.2 Å². The molecule has 2 rings (SSSR count). The van der Waals surface area contributed by atoms with Gasteiger partial charge < -0.3 is 10.2 Å². The van der Waals surface area contributed by atoms with Gasteiger partial charge in [0, 0.05) is 30.1 Å². The molecular weight excluding hydrogens is 337 g/mol. The number of carbonyl (C=O) groups excluding carboxylic acids is 3. The number of amides is 1. The number of allylic oxidation sites excluding steroid dienone is 1. The third kappa shape index (κ3) is 4.91. The number of nitrogens with one attached hydrogen (secondary N) is 1.